The van der Waals surface area contributed by atoms with Crippen molar-refractivity contribution in [1.29, 1.82) is 0 Å². The molecule has 33 heavy (non-hydrogen) atoms. The fourth-order valence-electron chi connectivity index (χ4n) is 5.20. The van der Waals surface area contributed by atoms with Crippen LogP contribution in [0.3, 0.4) is 0 Å². The highest BCUT2D eigenvalue weighted by molar-refractivity contribution is 7.89. The fraction of sp³-hybridized carbons (Fsp3) is 0.708. The molecule has 8 nitrogen and oxygen atoms in total. The zero-order valence-corrected chi connectivity index (χ0v) is 20.3. The number of sulfonamides is 1. The summed E-state index contributed by atoms with van der Waals surface area (Å²) in [6.07, 6.45) is 4.46. The lowest BCUT2D eigenvalue weighted by Gasteiger charge is -2.41. The summed E-state index contributed by atoms with van der Waals surface area (Å²) in [5.74, 6) is 0.295. The normalized spacial score (nSPS) is 22.9. The van der Waals surface area contributed by atoms with Gasteiger partial charge in [-0.3, -0.25) is 9.69 Å². The average molecular weight is 479 g/mol. The molecule has 1 N–H and O–H groups in total. The Morgan fingerprint density at radius 1 is 0.939 bits per heavy atom. The molecule has 0 saturated carbocycles. The van der Waals surface area contributed by atoms with Crippen molar-refractivity contribution in [3.05, 3.63) is 30.3 Å². The smallest absolute Gasteiger partial charge is 0.243 e. The Morgan fingerprint density at radius 3 is 2.27 bits per heavy atom. The largest absolute Gasteiger partial charge is 0.379 e. The molecule has 0 bridgehead atoms. The highest BCUT2D eigenvalue weighted by Crippen LogP contribution is 2.26. The molecule has 3 fully saturated rings. The van der Waals surface area contributed by atoms with Gasteiger partial charge in [-0.15, -0.1) is 0 Å². The molecular formula is C24H38N4O4S. The number of rotatable bonds is 8. The summed E-state index contributed by atoms with van der Waals surface area (Å²) in [5, 5.41) is 3.14. The predicted octanol–water partition coefficient (Wildman–Crippen LogP) is 1.39. The Morgan fingerprint density at radius 2 is 1.61 bits per heavy atom. The summed E-state index contributed by atoms with van der Waals surface area (Å²) in [6.45, 7) is 8.32. The minimum atomic E-state index is -3.40. The lowest BCUT2D eigenvalue weighted by molar-refractivity contribution is -0.126. The topological polar surface area (TPSA) is 82.2 Å². The maximum absolute atomic E-state index is 12.8. The van der Waals surface area contributed by atoms with Crippen LogP contribution in [-0.2, 0) is 19.6 Å². The van der Waals surface area contributed by atoms with Gasteiger partial charge < -0.3 is 15.0 Å². The average Bonchev–Trinajstić information content (AvgIpc) is 2.88. The van der Waals surface area contributed by atoms with E-state index in [2.05, 4.69) is 15.1 Å². The summed E-state index contributed by atoms with van der Waals surface area (Å²) in [4.78, 5) is 17.8. The van der Waals surface area contributed by atoms with Crippen LogP contribution in [0.25, 0.3) is 0 Å². The van der Waals surface area contributed by atoms with Gasteiger partial charge in [-0.1, -0.05) is 18.2 Å². The lowest BCUT2D eigenvalue weighted by Crippen LogP contribution is -2.50. The van der Waals surface area contributed by atoms with E-state index in [1.165, 1.54) is 0 Å². The minimum absolute atomic E-state index is 0.100. The van der Waals surface area contributed by atoms with Gasteiger partial charge in [-0.05, 0) is 63.9 Å². The number of morpholine rings is 1. The van der Waals surface area contributed by atoms with Gasteiger partial charge in [0.1, 0.15) is 0 Å². The molecule has 3 saturated heterocycles. The molecule has 184 valence electrons. The second-order valence-electron chi connectivity index (χ2n) is 9.36. The van der Waals surface area contributed by atoms with E-state index in [4.69, 9.17) is 4.74 Å². The van der Waals surface area contributed by atoms with E-state index in [1.807, 2.05) is 6.07 Å². The van der Waals surface area contributed by atoms with Crippen molar-refractivity contribution in [3.8, 4) is 0 Å². The first-order valence-electron chi connectivity index (χ1n) is 12.4. The Bertz CT molecular complexity index is 844. The van der Waals surface area contributed by atoms with Crippen molar-refractivity contribution in [1.82, 2.24) is 19.4 Å². The van der Waals surface area contributed by atoms with Crippen LogP contribution in [0.1, 0.15) is 32.1 Å². The van der Waals surface area contributed by atoms with E-state index in [0.717, 1.165) is 84.6 Å². The molecule has 0 spiro atoms. The Labute approximate surface area is 198 Å². The number of ether oxygens (including phenoxy) is 1. The molecule has 0 aliphatic carbocycles. The summed E-state index contributed by atoms with van der Waals surface area (Å²) >= 11 is 0. The fourth-order valence-corrected chi connectivity index (χ4v) is 6.69. The van der Waals surface area contributed by atoms with E-state index in [-0.39, 0.29) is 11.8 Å². The van der Waals surface area contributed by atoms with Gasteiger partial charge >= 0.3 is 0 Å². The lowest BCUT2D eigenvalue weighted by atomic mass is 9.93. The number of benzene rings is 1. The summed E-state index contributed by atoms with van der Waals surface area (Å²) in [6, 6.07) is 9.11. The summed E-state index contributed by atoms with van der Waals surface area (Å²) in [7, 11) is -3.40. The molecule has 0 radical (unpaired) electrons. The van der Waals surface area contributed by atoms with Crippen molar-refractivity contribution in [2.24, 2.45) is 5.92 Å². The van der Waals surface area contributed by atoms with Crippen molar-refractivity contribution in [3.63, 3.8) is 0 Å². The third-order valence-electron chi connectivity index (χ3n) is 7.28. The van der Waals surface area contributed by atoms with Crippen LogP contribution in [0, 0.1) is 5.92 Å². The van der Waals surface area contributed by atoms with Crippen molar-refractivity contribution in [2.45, 2.75) is 43.0 Å². The molecular weight excluding hydrogens is 440 g/mol. The van der Waals surface area contributed by atoms with E-state index >= 15 is 0 Å². The molecule has 9 heteroatoms. The molecule has 0 unspecified atom stereocenters. The molecule has 1 aromatic rings. The second-order valence-corrected chi connectivity index (χ2v) is 11.3. The van der Waals surface area contributed by atoms with Gasteiger partial charge in [-0.2, -0.15) is 4.31 Å². The van der Waals surface area contributed by atoms with Crippen LogP contribution < -0.4 is 5.32 Å². The molecule has 0 aromatic heterocycles. The maximum Gasteiger partial charge on any atom is 0.243 e. The van der Waals surface area contributed by atoms with E-state index in [1.54, 1.807) is 28.6 Å². The third kappa shape index (κ3) is 6.54. The van der Waals surface area contributed by atoms with Crippen molar-refractivity contribution < 1.29 is 17.9 Å². The standard InChI is InChI=1S/C24H38N4O4S/c29-24(25-11-4-12-26-17-19-32-20-18-26)21-7-13-27(14-8-21)22-9-15-28(16-10-22)33(30,31)23-5-2-1-3-6-23/h1-3,5-6,21-22H,4,7-20H2,(H,25,29). The Hall–Kier alpha value is -1.52. The third-order valence-corrected chi connectivity index (χ3v) is 9.19. The quantitative estimate of drug-likeness (QED) is 0.569. The molecule has 3 aliphatic heterocycles. The van der Waals surface area contributed by atoms with Crippen LogP contribution in [0.5, 0.6) is 0 Å². The van der Waals surface area contributed by atoms with E-state index in [9.17, 15) is 13.2 Å². The molecule has 0 atom stereocenters. The highest BCUT2D eigenvalue weighted by Gasteiger charge is 2.34. The second kappa shape index (κ2) is 11.8. The van der Waals surface area contributed by atoms with Crippen LogP contribution in [0.2, 0.25) is 0 Å². The van der Waals surface area contributed by atoms with Crippen molar-refractivity contribution >= 4 is 15.9 Å². The molecule has 3 aliphatic rings. The number of piperidine rings is 2. The Balaban J connectivity index is 1.14. The number of hydrogen-bond donors (Lipinski definition) is 1. The van der Waals surface area contributed by atoms with Crippen LogP contribution in [-0.4, -0.2) is 100 Å². The van der Waals surface area contributed by atoms with Gasteiger partial charge in [0.15, 0.2) is 0 Å². The summed E-state index contributed by atoms with van der Waals surface area (Å²) in [5.41, 5.74) is 0. The zero-order valence-electron chi connectivity index (χ0n) is 19.5. The first kappa shape index (κ1) is 24.6. The number of nitrogens with one attached hydrogen (secondary N) is 1. The minimum Gasteiger partial charge on any atom is -0.379 e. The van der Waals surface area contributed by atoms with Crippen molar-refractivity contribution in [2.75, 3.05) is 65.6 Å². The first-order chi connectivity index (χ1) is 16.0. The molecule has 1 amide bonds. The van der Waals surface area contributed by atoms with Crippen LogP contribution >= 0.6 is 0 Å². The molecule has 4 rings (SSSR count). The van der Waals surface area contributed by atoms with Crippen LogP contribution in [0.4, 0.5) is 0 Å². The molecule has 1 aromatic carbocycles. The highest BCUT2D eigenvalue weighted by atomic mass is 32.2. The number of carbonyl (C=O) groups is 1. The van der Waals surface area contributed by atoms with Gasteiger partial charge in [0.2, 0.25) is 15.9 Å². The van der Waals surface area contributed by atoms with E-state index < -0.39 is 10.0 Å². The number of carbonyl (C=O) groups excluding carboxylic acids is 1. The first-order valence-corrected chi connectivity index (χ1v) is 13.8. The molecule has 3 heterocycles. The van der Waals surface area contributed by atoms with E-state index in [0.29, 0.717) is 24.0 Å². The van der Waals surface area contributed by atoms with Gasteiger partial charge in [0.05, 0.1) is 18.1 Å². The SMILES string of the molecule is O=C(NCCCN1CCOCC1)C1CCN(C2CCN(S(=O)(=O)c3ccccc3)CC2)CC1. The van der Waals surface area contributed by atoms with Crippen LogP contribution in [0.15, 0.2) is 35.2 Å². The van der Waals surface area contributed by atoms with Gasteiger partial charge in [0, 0.05) is 44.7 Å². The number of amides is 1. The Kier molecular flexibility index (Phi) is 8.76. The summed E-state index contributed by atoms with van der Waals surface area (Å²) < 4.78 is 32.7. The predicted molar refractivity (Wildman–Crippen MR) is 127 cm³/mol. The number of nitrogens with zero attached hydrogens (tertiary/aromatic N) is 3. The van der Waals surface area contributed by atoms with Gasteiger partial charge in [-0.25, -0.2) is 8.42 Å². The number of hydrogen-bond acceptors (Lipinski definition) is 6. The maximum atomic E-state index is 12.8. The monoisotopic (exact) mass is 478 g/mol. The zero-order chi connectivity index (χ0) is 23.1. The number of likely N-dealkylation sites (tertiary alicyclic amines) is 1. The van der Waals surface area contributed by atoms with Gasteiger partial charge in [0.25, 0.3) is 0 Å².